The first kappa shape index (κ1) is 23.1. The minimum Gasteiger partial charge on any atom is -0.305 e. The smallest absolute Gasteiger partial charge is 0.256 e. The Morgan fingerprint density at radius 2 is 1.47 bits per heavy atom. The number of amides is 1. The molecule has 1 amide bonds. The molecule has 2 aromatic carbocycles. The van der Waals surface area contributed by atoms with Gasteiger partial charge in [-0.2, -0.15) is 10.2 Å². The Balaban J connectivity index is 1.43. The van der Waals surface area contributed by atoms with Gasteiger partial charge in [-0.05, 0) is 37.6 Å². The van der Waals surface area contributed by atoms with Crippen molar-refractivity contribution in [2.45, 2.75) is 26.9 Å². The summed E-state index contributed by atoms with van der Waals surface area (Å²) < 4.78 is 70.5. The Morgan fingerprint density at radius 3 is 2.06 bits per heavy atom. The zero-order valence-corrected chi connectivity index (χ0v) is 18.0. The second-order valence-electron chi connectivity index (χ2n) is 7.68. The van der Waals surface area contributed by atoms with Crippen molar-refractivity contribution in [3.05, 3.63) is 99.8 Å². The Labute approximate surface area is 190 Å². The van der Waals surface area contributed by atoms with Crippen molar-refractivity contribution in [2.24, 2.45) is 0 Å². The van der Waals surface area contributed by atoms with Crippen LogP contribution in [0, 0.1) is 42.9 Å². The second-order valence-corrected chi connectivity index (χ2v) is 7.68. The summed E-state index contributed by atoms with van der Waals surface area (Å²) >= 11 is 0. The number of hydrogen-bond donors (Lipinski definition) is 1. The molecule has 176 valence electrons. The number of nitrogens with zero attached hydrogens (tertiary/aromatic N) is 4. The van der Waals surface area contributed by atoms with Gasteiger partial charge in [0, 0.05) is 23.5 Å². The summed E-state index contributed by atoms with van der Waals surface area (Å²) in [6.07, 6.45) is 1.24. The van der Waals surface area contributed by atoms with E-state index in [9.17, 15) is 26.7 Å². The Bertz CT molecular complexity index is 1350. The zero-order chi connectivity index (χ0) is 24.6. The number of carbonyl (C=O) groups excluding carboxylic acids is 1. The average Bonchev–Trinajstić information content (AvgIpc) is 3.39. The zero-order valence-electron chi connectivity index (χ0n) is 18.0. The van der Waals surface area contributed by atoms with Gasteiger partial charge in [0.15, 0.2) is 29.1 Å². The third-order valence-corrected chi connectivity index (χ3v) is 5.15. The molecular weight excluding hydrogens is 457 g/mol. The van der Waals surface area contributed by atoms with Gasteiger partial charge in [0.25, 0.3) is 5.91 Å². The highest BCUT2D eigenvalue weighted by Crippen LogP contribution is 2.24. The van der Waals surface area contributed by atoms with Crippen LogP contribution in [0.25, 0.3) is 0 Å². The molecule has 6 nitrogen and oxygen atoms in total. The summed E-state index contributed by atoms with van der Waals surface area (Å²) in [4.78, 5) is 12.5. The van der Waals surface area contributed by atoms with E-state index >= 15 is 0 Å². The maximum Gasteiger partial charge on any atom is 0.256 e. The summed E-state index contributed by atoms with van der Waals surface area (Å²) in [6, 6.07) is 10.1. The van der Waals surface area contributed by atoms with Crippen molar-refractivity contribution in [2.75, 3.05) is 5.32 Å². The van der Waals surface area contributed by atoms with Crippen LogP contribution in [0.2, 0.25) is 0 Å². The summed E-state index contributed by atoms with van der Waals surface area (Å²) in [6.45, 7) is 3.68. The van der Waals surface area contributed by atoms with Gasteiger partial charge in [0.1, 0.15) is 0 Å². The molecule has 34 heavy (non-hydrogen) atoms. The fourth-order valence-corrected chi connectivity index (χ4v) is 3.43. The number of carbonyl (C=O) groups is 1. The van der Waals surface area contributed by atoms with Crippen molar-refractivity contribution in [1.29, 1.82) is 0 Å². The van der Waals surface area contributed by atoms with Gasteiger partial charge >= 0.3 is 0 Å². The predicted octanol–water partition coefficient (Wildman–Crippen LogP) is 4.74. The molecule has 0 saturated heterocycles. The molecule has 0 bridgehead atoms. The molecule has 0 fully saturated rings. The SMILES string of the molecule is Cc1cc(C)n(Cc2ccc(C(=O)Nc3ccn(Cc4c(F)c(F)c(F)c(F)c4F)n3)cc2)n1. The van der Waals surface area contributed by atoms with Crippen LogP contribution >= 0.6 is 0 Å². The molecule has 2 heterocycles. The van der Waals surface area contributed by atoms with E-state index in [1.54, 1.807) is 24.3 Å². The lowest BCUT2D eigenvalue weighted by molar-refractivity contribution is 0.102. The van der Waals surface area contributed by atoms with Gasteiger partial charge in [0.05, 0.1) is 24.3 Å². The van der Waals surface area contributed by atoms with Crippen LogP contribution in [0.4, 0.5) is 27.8 Å². The van der Waals surface area contributed by atoms with E-state index in [0.29, 0.717) is 12.1 Å². The monoisotopic (exact) mass is 475 g/mol. The lowest BCUT2D eigenvalue weighted by Gasteiger charge is -2.08. The highest BCUT2D eigenvalue weighted by Gasteiger charge is 2.26. The highest BCUT2D eigenvalue weighted by atomic mass is 19.2. The molecule has 1 N–H and O–H groups in total. The van der Waals surface area contributed by atoms with Gasteiger partial charge in [-0.1, -0.05) is 12.1 Å². The minimum absolute atomic E-state index is 0.0422. The van der Waals surface area contributed by atoms with E-state index < -0.39 is 47.1 Å². The first-order chi connectivity index (χ1) is 16.1. The van der Waals surface area contributed by atoms with Gasteiger partial charge in [0.2, 0.25) is 5.82 Å². The summed E-state index contributed by atoms with van der Waals surface area (Å²) in [5.74, 6) is -10.6. The van der Waals surface area contributed by atoms with Crippen LogP contribution in [0.1, 0.15) is 32.9 Å². The maximum atomic E-state index is 13.9. The fourth-order valence-electron chi connectivity index (χ4n) is 3.43. The molecule has 4 rings (SSSR count). The lowest BCUT2D eigenvalue weighted by Crippen LogP contribution is -2.14. The number of halogens is 5. The normalized spacial score (nSPS) is 11.1. The fraction of sp³-hybridized carbons (Fsp3) is 0.174. The largest absolute Gasteiger partial charge is 0.305 e. The van der Waals surface area contributed by atoms with Crippen LogP contribution < -0.4 is 5.32 Å². The standard InChI is InChI=1S/C23H18F5N5O/c1-12-9-13(2)33(30-12)10-14-3-5-15(6-4-14)23(34)29-17-7-8-32(31-17)11-16-18(24)20(26)22(28)21(27)19(16)25/h3-9H,10-11H2,1-2H3,(H,29,31,34). The van der Waals surface area contributed by atoms with E-state index in [0.717, 1.165) is 21.6 Å². The third kappa shape index (κ3) is 4.54. The molecule has 0 aliphatic carbocycles. The van der Waals surface area contributed by atoms with Crippen LogP contribution in [0.5, 0.6) is 0 Å². The predicted molar refractivity (Wildman–Crippen MR) is 113 cm³/mol. The Morgan fingerprint density at radius 1 is 0.853 bits per heavy atom. The molecule has 0 spiro atoms. The number of aryl methyl sites for hydroxylation is 2. The van der Waals surface area contributed by atoms with Crippen LogP contribution in [-0.2, 0) is 13.1 Å². The van der Waals surface area contributed by atoms with Gasteiger partial charge < -0.3 is 5.32 Å². The number of aromatic nitrogens is 4. The van der Waals surface area contributed by atoms with Gasteiger partial charge in [-0.25, -0.2) is 22.0 Å². The number of hydrogen-bond acceptors (Lipinski definition) is 3. The number of nitrogens with one attached hydrogen (secondary N) is 1. The lowest BCUT2D eigenvalue weighted by atomic mass is 10.1. The topological polar surface area (TPSA) is 64.7 Å². The van der Waals surface area contributed by atoms with E-state index in [1.165, 1.54) is 12.3 Å². The van der Waals surface area contributed by atoms with Crippen molar-refractivity contribution in [3.8, 4) is 0 Å². The number of benzene rings is 2. The first-order valence-corrected chi connectivity index (χ1v) is 10.1. The van der Waals surface area contributed by atoms with E-state index in [2.05, 4.69) is 15.5 Å². The third-order valence-electron chi connectivity index (χ3n) is 5.15. The van der Waals surface area contributed by atoms with Crippen molar-refractivity contribution in [3.63, 3.8) is 0 Å². The van der Waals surface area contributed by atoms with Crippen molar-refractivity contribution < 1.29 is 26.7 Å². The van der Waals surface area contributed by atoms with Crippen LogP contribution in [-0.4, -0.2) is 25.5 Å². The summed E-state index contributed by atoms with van der Waals surface area (Å²) in [5, 5.41) is 10.8. The summed E-state index contributed by atoms with van der Waals surface area (Å²) in [7, 11) is 0. The molecule has 0 aliphatic rings. The summed E-state index contributed by atoms with van der Waals surface area (Å²) in [5.41, 5.74) is 2.17. The van der Waals surface area contributed by atoms with E-state index in [-0.39, 0.29) is 5.82 Å². The maximum absolute atomic E-state index is 13.9. The van der Waals surface area contributed by atoms with Gasteiger partial charge in [-0.3, -0.25) is 14.2 Å². The van der Waals surface area contributed by atoms with Crippen molar-refractivity contribution >= 4 is 11.7 Å². The molecule has 0 aliphatic heterocycles. The average molecular weight is 475 g/mol. The second kappa shape index (κ2) is 9.08. The number of rotatable bonds is 6. The van der Waals surface area contributed by atoms with E-state index in [4.69, 9.17) is 0 Å². The molecule has 0 atom stereocenters. The van der Waals surface area contributed by atoms with Crippen molar-refractivity contribution in [1.82, 2.24) is 19.6 Å². The number of anilines is 1. The molecule has 11 heteroatoms. The first-order valence-electron chi connectivity index (χ1n) is 10.1. The molecule has 4 aromatic rings. The molecule has 0 saturated carbocycles. The molecule has 0 unspecified atom stereocenters. The van der Waals surface area contributed by atoms with E-state index in [1.807, 2.05) is 24.6 Å². The highest BCUT2D eigenvalue weighted by molar-refractivity contribution is 6.03. The molecule has 2 aromatic heterocycles. The quantitative estimate of drug-likeness (QED) is 0.249. The molecular formula is C23H18F5N5O. The van der Waals surface area contributed by atoms with Gasteiger partial charge in [-0.15, -0.1) is 0 Å². The van der Waals surface area contributed by atoms with Crippen LogP contribution in [0.3, 0.4) is 0 Å². The Hall–Kier alpha value is -4.02. The minimum atomic E-state index is -2.23. The van der Waals surface area contributed by atoms with Crippen LogP contribution in [0.15, 0.2) is 42.6 Å². The molecule has 0 radical (unpaired) electrons. The Kier molecular flexibility index (Phi) is 6.18.